The van der Waals surface area contributed by atoms with Crippen LogP contribution < -0.4 is 16.0 Å². The van der Waals surface area contributed by atoms with Gasteiger partial charge in [-0.05, 0) is 69.9 Å². The van der Waals surface area contributed by atoms with Crippen molar-refractivity contribution in [1.29, 1.82) is 0 Å². The first-order valence-electron chi connectivity index (χ1n) is 15.1. The Morgan fingerprint density at radius 1 is 0.872 bits per heavy atom. The molecule has 3 aliphatic rings. The average molecular weight is 537 g/mol. The highest BCUT2D eigenvalue weighted by Gasteiger charge is 2.25. The van der Waals surface area contributed by atoms with Gasteiger partial charge in [-0.15, -0.1) is 0 Å². The van der Waals surface area contributed by atoms with Gasteiger partial charge in [0, 0.05) is 64.5 Å². The number of ether oxygens (including phenoxy) is 1. The summed E-state index contributed by atoms with van der Waals surface area (Å²) in [5, 5.41) is 3.39. The number of nitrogens with zero attached hydrogens (tertiary/aromatic N) is 6. The van der Waals surface area contributed by atoms with E-state index in [0.717, 1.165) is 64.3 Å². The molecule has 9 heteroatoms. The molecule has 0 radical (unpaired) electrons. The molecule has 3 aliphatic heterocycles. The van der Waals surface area contributed by atoms with Gasteiger partial charge in [-0.2, -0.15) is 9.97 Å². The molecule has 0 saturated carbocycles. The van der Waals surface area contributed by atoms with Crippen LogP contribution in [0.25, 0.3) is 0 Å². The lowest BCUT2D eigenvalue weighted by Crippen LogP contribution is -2.47. The van der Waals surface area contributed by atoms with Crippen molar-refractivity contribution >= 4 is 17.6 Å². The third-order valence-corrected chi connectivity index (χ3v) is 8.53. The number of hydrogen-bond donors (Lipinski definition) is 2. The molecule has 214 valence electrons. The maximum absolute atomic E-state index is 6.15. The first-order chi connectivity index (χ1) is 19.2. The molecule has 1 aromatic heterocycles. The standard InChI is InChI=1S/C30H48N8O/c1-2-39-21-20-35-16-18-38(19-17-35)29-22-28(31)33-30(34-29)32-23-25-6-8-26(9-7-25)24-36-14-10-27(11-15-36)37-12-4-3-5-13-37/h6-9,22,27H,2-5,10-21,23-24H2,1H3,(H3,31,32,33,34). The Morgan fingerprint density at radius 2 is 1.59 bits per heavy atom. The molecule has 9 nitrogen and oxygen atoms in total. The zero-order valence-electron chi connectivity index (χ0n) is 23.9. The fraction of sp³-hybridized carbons (Fsp3) is 0.667. The number of hydrogen-bond acceptors (Lipinski definition) is 9. The predicted molar refractivity (Wildman–Crippen MR) is 159 cm³/mol. The van der Waals surface area contributed by atoms with Gasteiger partial charge in [-0.25, -0.2) is 0 Å². The molecule has 5 rings (SSSR count). The van der Waals surface area contributed by atoms with Crippen molar-refractivity contribution < 1.29 is 4.74 Å². The third-order valence-electron chi connectivity index (χ3n) is 8.53. The van der Waals surface area contributed by atoms with Crippen LogP contribution >= 0.6 is 0 Å². The summed E-state index contributed by atoms with van der Waals surface area (Å²) in [6.45, 7) is 15.2. The molecule has 1 aromatic carbocycles. The van der Waals surface area contributed by atoms with Gasteiger partial charge in [0.2, 0.25) is 5.95 Å². The highest BCUT2D eigenvalue weighted by Crippen LogP contribution is 2.22. The van der Waals surface area contributed by atoms with Crippen LogP contribution in [0.4, 0.5) is 17.6 Å². The summed E-state index contributed by atoms with van der Waals surface area (Å²) in [5.74, 6) is 1.99. The van der Waals surface area contributed by atoms with E-state index in [-0.39, 0.29) is 0 Å². The summed E-state index contributed by atoms with van der Waals surface area (Å²) in [7, 11) is 0. The smallest absolute Gasteiger partial charge is 0.226 e. The average Bonchev–Trinajstić information content (AvgIpc) is 2.98. The minimum atomic E-state index is 0.501. The number of nitrogen functional groups attached to an aromatic ring is 1. The van der Waals surface area contributed by atoms with Gasteiger partial charge < -0.3 is 25.6 Å². The Labute approximate surface area is 234 Å². The molecular weight excluding hydrogens is 488 g/mol. The van der Waals surface area contributed by atoms with Gasteiger partial charge in [0.05, 0.1) is 6.61 Å². The number of rotatable bonds is 11. The van der Waals surface area contributed by atoms with Gasteiger partial charge >= 0.3 is 0 Å². The van der Waals surface area contributed by atoms with Crippen molar-refractivity contribution in [2.75, 3.05) is 88.1 Å². The zero-order valence-corrected chi connectivity index (χ0v) is 23.9. The SMILES string of the molecule is CCOCCN1CCN(c2cc(N)nc(NCc3ccc(CN4CCC(N5CCCCC5)CC4)cc3)n2)CC1. The Kier molecular flexibility index (Phi) is 10.3. The van der Waals surface area contributed by atoms with E-state index in [9.17, 15) is 0 Å². The Morgan fingerprint density at radius 3 is 2.31 bits per heavy atom. The van der Waals surface area contributed by atoms with Crippen molar-refractivity contribution in [1.82, 2.24) is 24.7 Å². The van der Waals surface area contributed by atoms with E-state index in [4.69, 9.17) is 15.5 Å². The summed E-state index contributed by atoms with van der Waals surface area (Å²) >= 11 is 0. The lowest BCUT2D eigenvalue weighted by atomic mass is 9.99. The molecule has 39 heavy (non-hydrogen) atoms. The van der Waals surface area contributed by atoms with Crippen molar-refractivity contribution in [3.05, 3.63) is 41.5 Å². The van der Waals surface area contributed by atoms with Crippen LogP contribution in [-0.4, -0.2) is 103 Å². The van der Waals surface area contributed by atoms with E-state index >= 15 is 0 Å². The van der Waals surface area contributed by atoms with E-state index in [1.54, 1.807) is 0 Å². The van der Waals surface area contributed by atoms with E-state index in [1.807, 2.05) is 13.0 Å². The second-order valence-corrected chi connectivity index (χ2v) is 11.3. The van der Waals surface area contributed by atoms with Crippen LogP contribution in [0.15, 0.2) is 30.3 Å². The van der Waals surface area contributed by atoms with Crippen molar-refractivity contribution in [3.63, 3.8) is 0 Å². The van der Waals surface area contributed by atoms with Crippen LogP contribution in [0.2, 0.25) is 0 Å². The number of likely N-dealkylation sites (tertiary alicyclic amines) is 2. The lowest BCUT2D eigenvalue weighted by Gasteiger charge is -2.40. The van der Waals surface area contributed by atoms with Gasteiger partial charge in [0.25, 0.3) is 0 Å². The molecule has 0 spiro atoms. The van der Waals surface area contributed by atoms with Crippen LogP contribution in [0, 0.1) is 0 Å². The summed E-state index contributed by atoms with van der Waals surface area (Å²) in [4.78, 5) is 19.3. The lowest BCUT2D eigenvalue weighted by molar-refractivity contribution is 0.0896. The number of nitrogens with two attached hydrogens (primary N) is 1. The Bertz CT molecular complexity index is 997. The second kappa shape index (κ2) is 14.3. The monoisotopic (exact) mass is 536 g/mol. The quantitative estimate of drug-likeness (QED) is 0.420. The van der Waals surface area contributed by atoms with Gasteiger partial charge in [0.1, 0.15) is 11.6 Å². The molecule has 0 atom stereocenters. The van der Waals surface area contributed by atoms with Crippen LogP contribution in [0.1, 0.15) is 50.2 Å². The molecule has 3 N–H and O–H groups in total. The van der Waals surface area contributed by atoms with Gasteiger partial charge in [-0.3, -0.25) is 9.80 Å². The van der Waals surface area contributed by atoms with Crippen molar-refractivity contribution in [2.24, 2.45) is 0 Å². The third kappa shape index (κ3) is 8.27. The van der Waals surface area contributed by atoms with Crippen LogP contribution in [0.3, 0.4) is 0 Å². The molecule has 4 heterocycles. The Balaban J connectivity index is 1.06. The first kappa shape index (κ1) is 28.1. The van der Waals surface area contributed by atoms with E-state index in [0.29, 0.717) is 18.3 Å². The van der Waals surface area contributed by atoms with E-state index < -0.39 is 0 Å². The van der Waals surface area contributed by atoms with Crippen molar-refractivity contribution in [3.8, 4) is 0 Å². The molecule has 0 unspecified atom stereocenters. The van der Waals surface area contributed by atoms with Crippen LogP contribution in [0.5, 0.6) is 0 Å². The largest absolute Gasteiger partial charge is 0.383 e. The molecular formula is C30H48N8O. The fourth-order valence-corrected chi connectivity index (χ4v) is 6.16. The molecule has 0 aliphatic carbocycles. The Hall–Kier alpha value is -2.46. The number of anilines is 3. The molecule has 0 amide bonds. The molecule has 2 aromatic rings. The minimum absolute atomic E-state index is 0.501. The molecule has 3 saturated heterocycles. The predicted octanol–water partition coefficient (Wildman–Crippen LogP) is 3.28. The number of benzene rings is 1. The normalized spacial score (nSPS) is 20.4. The van der Waals surface area contributed by atoms with Gasteiger partial charge in [-0.1, -0.05) is 30.7 Å². The maximum atomic E-state index is 6.15. The highest BCUT2D eigenvalue weighted by molar-refractivity contribution is 5.52. The highest BCUT2D eigenvalue weighted by atomic mass is 16.5. The topological polar surface area (TPSA) is 86.0 Å². The number of piperidine rings is 2. The van der Waals surface area contributed by atoms with Crippen LogP contribution in [-0.2, 0) is 17.8 Å². The summed E-state index contributed by atoms with van der Waals surface area (Å²) in [6.07, 6.45) is 6.82. The van der Waals surface area contributed by atoms with E-state index in [2.05, 4.69) is 54.2 Å². The summed E-state index contributed by atoms with van der Waals surface area (Å²) < 4.78 is 5.50. The number of aromatic nitrogens is 2. The molecule has 0 bridgehead atoms. The zero-order chi connectivity index (χ0) is 26.9. The first-order valence-corrected chi connectivity index (χ1v) is 15.1. The molecule has 3 fully saturated rings. The van der Waals surface area contributed by atoms with Gasteiger partial charge in [0.15, 0.2) is 0 Å². The van der Waals surface area contributed by atoms with E-state index in [1.165, 1.54) is 69.4 Å². The second-order valence-electron chi connectivity index (χ2n) is 11.3. The minimum Gasteiger partial charge on any atom is -0.383 e. The summed E-state index contributed by atoms with van der Waals surface area (Å²) in [5.41, 5.74) is 8.76. The summed E-state index contributed by atoms with van der Waals surface area (Å²) in [6, 6.07) is 11.7. The number of nitrogens with one attached hydrogen (secondary N) is 1. The number of piperazine rings is 1. The maximum Gasteiger partial charge on any atom is 0.226 e. The van der Waals surface area contributed by atoms with Crippen molar-refractivity contribution in [2.45, 2.75) is 58.2 Å². The fourth-order valence-electron chi connectivity index (χ4n) is 6.16.